The number of ketones is 2. The third-order valence-electron chi connectivity index (χ3n) is 13.8. The van der Waals surface area contributed by atoms with Crippen LogP contribution in [0, 0.1) is 52.3 Å². The molecule has 47 heavy (non-hydrogen) atoms. The van der Waals surface area contributed by atoms with E-state index in [1.807, 2.05) is 55.4 Å². The molecule has 1 unspecified atom stereocenters. The molecule has 0 spiro atoms. The molecule has 1 aliphatic carbocycles. The highest BCUT2D eigenvalue weighted by atomic mass is 16.6. The Kier molecular flexibility index (Phi) is 12.6. The van der Waals surface area contributed by atoms with Crippen LogP contribution < -0.4 is 11.5 Å². The largest absolute Gasteiger partial charge is 0.462 e. The van der Waals surface area contributed by atoms with Gasteiger partial charge in [-0.15, -0.1) is 0 Å². The molecule has 10 nitrogen and oxygen atoms in total. The molecule has 14 atom stereocenters. The van der Waals surface area contributed by atoms with Crippen molar-refractivity contribution in [2.24, 2.45) is 63.7 Å². The lowest BCUT2D eigenvalue weighted by Crippen LogP contribution is -2.59. The zero-order valence-electron chi connectivity index (χ0n) is 31.3. The van der Waals surface area contributed by atoms with Crippen LogP contribution in [0.25, 0.3) is 0 Å². The highest BCUT2D eigenvalue weighted by Crippen LogP contribution is 2.55. The van der Waals surface area contributed by atoms with Crippen LogP contribution in [0.2, 0.25) is 0 Å². The van der Waals surface area contributed by atoms with Crippen LogP contribution in [0.1, 0.15) is 101 Å². The van der Waals surface area contributed by atoms with E-state index in [4.69, 9.17) is 30.4 Å². The Morgan fingerprint density at radius 2 is 1.47 bits per heavy atom. The number of Topliss-reactive ketones (excluding diaryl/α,β-unsaturated/α-hetero) is 2. The van der Waals surface area contributed by atoms with Crippen LogP contribution in [0.4, 0.5) is 0 Å². The van der Waals surface area contributed by atoms with E-state index >= 15 is 0 Å². The first kappa shape index (κ1) is 40.0. The number of carbonyl (C=O) groups excluding carboxylic acids is 3. The summed E-state index contributed by atoms with van der Waals surface area (Å²) >= 11 is 0. The van der Waals surface area contributed by atoms with Gasteiger partial charge >= 0.3 is 5.97 Å². The number of methoxy groups -OCH3 is 2. The second-order valence-electron chi connectivity index (χ2n) is 16.3. The van der Waals surface area contributed by atoms with E-state index in [0.29, 0.717) is 19.3 Å². The summed E-state index contributed by atoms with van der Waals surface area (Å²) in [5.41, 5.74) is 9.56. The zero-order valence-corrected chi connectivity index (χ0v) is 31.3. The number of fused-ring (bicyclic) bond motifs is 1. The molecule has 3 fully saturated rings. The van der Waals surface area contributed by atoms with Crippen LogP contribution in [0.5, 0.6) is 0 Å². The van der Waals surface area contributed by atoms with Crippen molar-refractivity contribution in [3.05, 3.63) is 0 Å². The molecule has 10 heteroatoms. The highest BCUT2D eigenvalue weighted by molar-refractivity contribution is 5.88. The zero-order chi connectivity index (χ0) is 35.9. The number of esters is 1. The number of hydrogen-bond acceptors (Lipinski definition) is 10. The number of ether oxygens (including phenoxy) is 4. The minimum atomic E-state index is -1.06. The van der Waals surface area contributed by atoms with E-state index in [0.717, 1.165) is 0 Å². The number of cyclic esters (lactones) is 1. The van der Waals surface area contributed by atoms with Gasteiger partial charge < -0.3 is 35.5 Å². The maximum absolute atomic E-state index is 14.6. The minimum absolute atomic E-state index is 0.0149. The molecule has 5 N–H and O–H groups in total. The Morgan fingerprint density at radius 1 is 0.894 bits per heavy atom. The predicted octanol–water partition coefficient (Wildman–Crippen LogP) is 4.32. The summed E-state index contributed by atoms with van der Waals surface area (Å²) in [4.78, 5) is 42.3. The number of nitrogens with two attached hydrogens (primary N) is 2. The molecule has 3 rings (SSSR count). The van der Waals surface area contributed by atoms with Crippen LogP contribution in [-0.4, -0.2) is 85.6 Å². The molecule has 2 aliphatic heterocycles. The third-order valence-corrected chi connectivity index (χ3v) is 13.8. The maximum atomic E-state index is 14.6. The molecule has 2 saturated heterocycles. The standard InChI is InChI=1S/C37H66N2O8/c1-13-29-34(8)16-26(40)14-27(34)24(6)37(18-38,19-39)31(41)20(2)15-35(9,44-11)23(5)21(3)30(22(4)33(43)47-29)28-17-36(10,45-12)32(42)25(7)46-28/h20-25,27-30,32,42H,13-19,38-39H2,1-12H3/t20-,21-,22-,23-,24-,25+,27-,28?,29-,30+,32+,34+,35-,36-/m1/s1. The molecule has 272 valence electrons. The smallest absolute Gasteiger partial charge is 0.309 e. The molecule has 0 aromatic rings. The first-order chi connectivity index (χ1) is 21.8. The number of carbonyl (C=O) groups is 3. The molecular weight excluding hydrogens is 600 g/mol. The average molecular weight is 667 g/mol. The summed E-state index contributed by atoms with van der Waals surface area (Å²) < 4.78 is 25.2. The fourth-order valence-electron chi connectivity index (χ4n) is 10.1. The predicted molar refractivity (Wildman–Crippen MR) is 181 cm³/mol. The Hall–Kier alpha value is -1.43. The lowest BCUT2D eigenvalue weighted by molar-refractivity contribution is -0.236. The quantitative estimate of drug-likeness (QED) is 0.349. The first-order valence-electron chi connectivity index (χ1n) is 17.9. The van der Waals surface area contributed by atoms with Gasteiger partial charge in [0.15, 0.2) is 0 Å². The Labute approximate surface area is 283 Å². The Morgan fingerprint density at radius 3 is 1.98 bits per heavy atom. The molecule has 1 saturated carbocycles. The van der Waals surface area contributed by atoms with Gasteiger partial charge in [-0.2, -0.15) is 0 Å². The topological polar surface area (TPSA) is 160 Å². The van der Waals surface area contributed by atoms with Gasteiger partial charge in [0.1, 0.15) is 23.8 Å². The molecule has 2 heterocycles. The SMILES string of the molecule is CC[C@H]1OC(=O)[C@H](C)[C@@H](C2C[C@@](C)(OC)[C@@H](O)[C@H](C)O2)[C@H](C)[C@@H](C)[C@](C)(OC)C[C@@H](C)C(=O)C(CN)(CN)[C@H](C)[C@H]2CC(=O)C[C@@]21C. The lowest BCUT2D eigenvalue weighted by atomic mass is 9.58. The minimum Gasteiger partial charge on any atom is -0.462 e. The van der Waals surface area contributed by atoms with E-state index in [9.17, 15) is 19.5 Å². The number of aliphatic hydroxyl groups is 1. The van der Waals surface area contributed by atoms with E-state index in [1.54, 1.807) is 14.2 Å². The number of hydrogen-bond donors (Lipinski definition) is 3. The van der Waals surface area contributed by atoms with Crippen molar-refractivity contribution in [1.29, 1.82) is 0 Å². The van der Waals surface area contributed by atoms with Crippen LogP contribution in [0.15, 0.2) is 0 Å². The van der Waals surface area contributed by atoms with Gasteiger partial charge in [0.25, 0.3) is 0 Å². The van der Waals surface area contributed by atoms with Gasteiger partial charge in [0.2, 0.25) is 0 Å². The van der Waals surface area contributed by atoms with Crippen LogP contribution in [0.3, 0.4) is 0 Å². The summed E-state index contributed by atoms with van der Waals surface area (Å²) in [6.07, 6.45) is -0.518. The number of rotatable bonds is 6. The Bertz CT molecular complexity index is 1130. The second-order valence-corrected chi connectivity index (χ2v) is 16.3. The van der Waals surface area contributed by atoms with Gasteiger partial charge in [-0.3, -0.25) is 14.4 Å². The maximum Gasteiger partial charge on any atom is 0.309 e. The Balaban J connectivity index is 2.25. The summed E-state index contributed by atoms with van der Waals surface area (Å²) in [6.45, 7) is 19.9. The van der Waals surface area contributed by atoms with E-state index in [2.05, 4.69) is 13.8 Å². The molecule has 0 bridgehead atoms. The molecule has 0 amide bonds. The fourth-order valence-corrected chi connectivity index (χ4v) is 10.1. The molecule has 3 aliphatic rings. The second kappa shape index (κ2) is 14.8. The highest BCUT2D eigenvalue weighted by Gasteiger charge is 2.59. The summed E-state index contributed by atoms with van der Waals surface area (Å²) in [7, 11) is 3.26. The van der Waals surface area contributed by atoms with Crippen LogP contribution >= 0.6 is 0 Å². The van der Waals surface area contributed by atoms with Crippen molar-refractivity contribution in [2.45, 2.75) is 137 Å². The lowest BCUT2D eigenvalue weighted by Gasteiger charge is -2.50. The van der Waals surface area contributed by atoms with Gasteiger partial charge in [0, 0.05) is 63.8 Å². The fraction of sp³-hybridized carbons (Fsp3) is 0.919. The molecule has 0 aromatic heterocycles. The van der Waals surface area contributed by atoms with Crippen LogP contribution in [-0.2, 0) is 33.3 Å². The van der Waals surface area contributed by atoms with Gasteiger partial charge in [-0.1, -0.05) is 48.5 Å². The average Bonchev–Trinajstić information content (AvgIpc) is 3.35. The monoisotopic (exact) mass is 666 g/mol. The summed E-state index contributed by atoms with van der Waals surface area (Å²) in [6, 6.07) is 0. The normalized spacial score (nSPS) is 47.1. The van der Waals surface area contributed by atoms with Crippen molar-refractivity contribution in [3.63, 3.8) is 0 Å². The molecule has 0 radical (unpaired) electrons. The van der Waals surface area contributed by atoms with Crippen molar-refractivity contribution in [3.8, 4) is 0 Å². The van der Waals surface area contributed by atoms with E-state index in [-0.39, 0.29) is 73.1 Å². The van der Waals surface area contributed by atoms with Crippen molar-refractivity contribution in [2.75, 3.05) is 27.3 Å². The summed E-state index contributed by atoms with van der Waals surface area (Å²) in [5.74, 6) is -2.52. The van der Waals surface area contributed by atoms with Crippen molar-refractivity contribution < 1.29 is 38.4 Å². The van der Waals surface area contributed by atoms with Crippen molar-refractivity contribution >= 4 is 17.5 Å². The van der Waals surface area contributed by atoms with Gasteiger partial charge in [-0.25, -0.2) is 0 Å². The molecule has 0 aromatic carbocycles. The molecular formula is C37H66N2O8. The van der Waals surface area contributed by atoms with E-state index < -0.39 is 58.3 Å². The summed E-state index contributed by atoms with van der Waals surface area (Å²) in [5, 5.41) is 11.0. The van der Waals surface area contributed by atoms with Gasteiger partial charge in [-0.05, 0) is 57.3 Å². The number of aliphatic hydroxyl groups excluding tert-OH is 1. The van der Waals surface area contributed by atoms with Crippen molar-refractivity contribution in [1.82, 2.24) is 0 Å². The van der Waals surface area contributed by atoms with E-state index in [1.165, 1.54) is 0 Å². The first-order valence-corrected chi connectivity index (χ1v) is 17.9. The third kappa shape index (κ3) is 6.98. The van der Waals surface area contributed by atoms with Gasteiger partial charge in [0.05, 0.1) is 34.7 Å².